The number of rotatable bonds is 4. The van der Waals surface area contributed by atoms with E-state index in [4.69, 9.17) is 22.1 Å². The van der Waals surface area contributed by atoms with Crippen LogP contribution < -0.4 is 10.5 Å². The zero-order chi connectivity index (χ0) is 13.0. The van der Waals surface area contributed by atoms with Crippen molar-refractivity contribution in [3.63, 3.8) is 0 Å². The minimum atomic E-state index is 0.531. The first-order valence-electron chi connectivity index (χ1n) is 5.78. The van der Waals surface area contributed by atoms with Crippen LogP contribution >= 0.6 is 11.6 Å². The minimum Gasteiger partial charge on any atom is -0.437 e. The van der Waals surface area contributed by atoms with Gasteiger partial charge in [0.05, 0.1) is 5.02 Å². The summed E-state index contributed by atoms with van der Waals surface area (Å²) in [5, 5.41) is 0.577. The van der Waals surface area contributed by atoms with Crippen LogP contribution in [0.1, 0.15) is 11.1 Å². The molecule has 1 aromatic heterocycles. The van der Waals surface area contributed by atoms with Crippen LogP contribution in [0, 0.1) is 6.92 Å². The number of ether oxygens (including phenoxy) is 1. The van der Waals surface area contributed by atoms with Gasteiger partial charge in [-0.25, -0.2) is 4.98 Å². The molecular weight excluding hydrogens is 248 g/mol. The Morgan fingerprint density at radius 2 is 2.11 bits per heavy atom. The second kappa shape index (κ2) is 5.85. The molecule has 4 heteroatoms. The highest BCUT2D eigenvalue weighted by atomic mass is 35.5. The molecule has 0 amide bonds. The molecule has 0 bridgehead atoms. The van der Waals surface area contributed by atoms with E-state index in [1.807, 2.05) is 37.3 Å². The smallest absolute Gasteiger partial charge is 0.219 e. The Bertz CT molecular complexity index is 526. The largest absolute Gasteiger partial charge is 0.437 e. The standard InChI is InChI=1S/C14H15ClN2O/c1-10-2-4-12(15)13(8-10)18-14-5-3-11(6-7-16)9-17-14/h2-5,8-9H,6-7,16H2,1H3. The van der Waals surface area contributed by atoms with Crippen LogP contribution in [0.4, 0.5) is 0 Å². The maximum Gasteiger partial charge on any atom is 0.219 e. The molecule has 94 valence electrons. The highest BCUT2D eigenvalue weighted by molar-refractivity contribution is 6.32. The van der Waals surface area contributed by atoms with E-state index < -0.39 is 0 Å². The molecule has 0 aliphatic rings. The summed E-state index contributed by atoms with van der Waals surface area (Å²) in [7, 11) is 0. The average molecular weight is 263 g/mol. The van der Waals surface area contributed by atoms with Gasteiger partial charge >= 0.3 is 0 Å². The van der Waals surface area contributed by atoms with E-state index in [1.54, 1.807) is 6.20 Å². The summed E-state index contributed by atoms with van der Waals surface area (Å²) in [5.74, 6) is 1.15. The van der Waals surface area contributed by atoms with E-state index in [9.17, 15) is 0 Å². The van der Waals surface area contributed by atoms with Crippen molar-refractivity contribution in [3.05, 3.63) is 52.7 Å². The number of hydrogen-bond donors (Lipinski definition) is 1. The van der Waals surface area contributed by atoms with Crippen LogP contribution in [0.25, 0.3) is 0 Å². The molecule has 3 nitrogen and oxygen atoms in total. The summed E-state index contributed by atoms with van der Waals surface area (Å²) in [4.78, 5) is 4.23. The number of benzene rings is 1. The molecule has 0 aliphatic heterocycles. The van der Waals surface area contributed by atoms with Crippen LogP contribution in [-0.2, 0) is 6.42 Å². The van der Waals surface area contributed by atoms with Gasteiger partial charge < -0.3 is 10.5 Å². The van der Waals surface area contributed by atoms with Crippen molar-refractivity contribution in [1.29, 1.82) is 0 Å². The Morgan fingerprint density at radius 3 is 2.78 bits per heavy atom. The molecule has 0 radical (unpaired) electrons. The lowest BCUT2D eigenvalue weighted by molar-refractivity contribution is 0.462. The lowest BCUT2D eigenvalue weighted by Crippen LogP contribution is -2.02. The summed E-state index contributed by atoms with van der Waals surface area (Å²) >= 11 is 6.06. The minimum absolute atomic E-state index is 0.531. The lowest BCUT2D eigenvalue weighted by atomic mass is 10.2. The zero-order valence-corrected chi connectivity index (χ0v) is 10.9. The molecule has 1 heterocycles. The molecule has 0 atom stereocenters. The predicted octanol–water partition coefficient (Wildman–Crippen LogP) is 3.34. The van der Waals surface area contributed by atoms with Crippen molar-refractivity contribution >= 4 is 11.6 Å². The molecule has 2 aromatic rings. The summed E-state index contributed by atoms with van der Waals surface area (Å²) in [6.45, 7) is 2.60. The van der Waals surface area contributed by atoms with E-state index in [0.717, 1.165) is 17.5 Å². The summed E-state index contributed by atoms with van der Waals surface area (Å²) in [5.41, 5.74) is 7.67. The summed E-state index contributed by atoms with van der Waals surface area (Å²) < 4.78 is 5.65. The van der Waals surface area contributed by atoms with Gasteiger partial charge in [-0.1, -0.05) is 23.7 Å². The number of hydrogen-bond acceptors (Lipinski definition) is 3. The van der Waals surface area contributed by atoms with Gasteiger partial charge in [0.15, 0.2) is 0 Å². The predicted molar refractivity (Wildman–Crippen MR) is 73.3 cm³/mol. The monoisotopic (exact) mass is 262 g/mol. The first-order valence-corrected chi connectivity index (χ1v) is 6.16. The van der Waals surface area contributed by atoms with Gasteiger partial charge in [-0.2, -0.15) is 0 Å². The van der Waals surface area contributed by atoms with Gasteiger partial charge in [0.1, 0.15) is 5.75 Å². The molecular formula is C14H15ClN2O. The topological polar surface area (TPSA) is 48.1 Å². The molecule has 18 heavy (non-hydrogen) atoms. The molecule has 0 saturated heterocycles. The van der Waals surface area contributed by atoms with Crippen LogP contribution in [-0.4, -0.2) is 11.5 Å². The van der Waals surface area contributed by atoms with Crippen molar-refractivity contribution in [2.45, 2.75) is 13.3 Å². The molecule has 0 aliphatic carbocycles. The van der Waals surface area contributed by atoms with E-state index in [0.29, 0.717) is 23.2 Å². The van der Waals surface area contributed by atoms with E-state index >= 15 is 0 Å². The Balaban J connectivity index is 2.15. The fourth-order valence-corrected chi connectivity index (χ4v) is 1.74. The highest BCUT2D eigenvalue weighted by Crippen LogP contribution is 2.29. The third-order valence-electron chi connectivity index (χ3n) is 2.53. The van der Waals surface area contributed by atoms with Crippen LogP contribution in [0.15, 0.2) is 36.5 Å². The molecule has 0 spiro atoms. The average Bonchev–Trinajstić information content (AvgIpc) is 2.37. The molecule has 2 N–H and O–H groups in total. The third kappa shape index (κ3) is 3.22. The quantitative estimate of drug-likeness (QED) is 0.919. The number of nitrogens with zero attached hydrogens (tertiary/aromatic N) is 1. The Kier molecular flexibility index (Phi) is 4.18. The number of halogens is 1. The van der Waals surface area contributed by atoms with Gasteiger partial charge in [-0.15, -0.1) is 0 Å². The molecule has 2 rings (SSSR count). The van der Waals surface area contributed by atoms with Crippen molar-refractivity contribution in [3.8, 4) is 11.6 Å². The van der Waals surface area contributed by atoms with Gasteiger partial charge in [0.25, 0.3) is 0 Å². The summed E-state index contributed by atoms with van der Waals surface area (Å²) in [6.07, 6.45) is 2.59. The fraction of sp³-hybridized carbons (Fsp3) is 0.214. The number of pyridine rings is 1. The van der Waals surface area contributed by atoms with Gasteiger partial charge in [0.2, 0.25) is 5.88 Å². The van der Waals surface area contributed by atoms with Gasteiger partial charge in [-0.05, 0) is 43.1 Å². The van der Waals surface area contributed by atoms with Crippen LogP contribution in [0.5, 0.6) is 11.6 Å². The highest BCUT2D eigenvalue weighted by Gasteiger charge is 2.04. The van der Waals surface area contributed by atoms with E-state index in [1.165, 1.54) is 0 Å². The first kappa shape index (κ1) is 12.9. The SMILES string of the molecule is Cc1ccc(Cl)c(Oc2ccc(CCN)cn2)c1. The Labute approximate surface area is 112 Å². The molecule has 0 unspecified atom stereocenters. The van der Waals surface area contributed by atoms with Gasteiger partial charge in [0, 0.05) is 12.3 Å². The molecule has 0 saturated carbocycles. The first-order chi connectivity index (χ1) is 8.69. The van der Waals surface area contributed by atoms with Crippen LogP contribution in [0.3, 0.4) is 0 Å². The number of aromatic nitrogens is 1. The molecule has 1 aromatic carbocycles. The maximum atomic E-state index is 6.06. The lowest BCUT2D eigenvalue weighted by Gasteiger charge is -2.08. The maximum absolute atomic E-state index is 6.06. The van der Waals surface area contributed by atoms with Crippen molar-refractivity contribution in [2.75, 3.05) is 6.54 Å². The zero-order valence-electron chi connectivity index (χ0n) is 10.2. The number of aryl methyl sites for hydroxylation is 1. The normalized spacial score (nSPS) is 10.4. The fourth-order valence-electron chi connectivity index (χ4n) is 1.59. The Hall–Kier alpha value is -1.58. The van der Waals surface area contributed by atoms with E-state index in [-0.39, 0.29) is 0 Å². The van der Waals surface area contributed by atoms with E-state index in [2.05, 4.69) is 4.98 Å². The second-order valence-electron chi connectivity index (χ2n) is 4.08. The van der Waals surface area contributed by atoms with Crippen LogP contribution in [0.2, 0.25) is 5.02 Å². The molecule has 0 fully saturated rings. The van der Waals surface area contributed by atoms with Crippen molar-refractivity contribution in [1.82, 2.24) is 4.98 Å². The Morgan fingerprint density at radius 1 is 1.28 bits per heavy atom. The number of nitrogens with two attached hydrogens (primary N) is 1. The second-order valence-corrected chi connectivity index (χ2v) is 4.49. The van der Waals surface area contributed by atoms with Crippen molar-refractivity contribution < 1.29 is 4.74 Å². The summed E-state index contributed by atoms with van der Waals surface area (Å²) in [6, 6.07) is 9.42. The van der Waals surface area contributed by atoms with Gasteiger partial charge in [-0.3, -0.25) is 0 Å². The van der Waals surface area contributed by atoms with Crippen molar-refractivity contribution in [2.24, 2.45) is 5.73 Å². The third-order valence-corrected chi connectivity index (χ3v) is 2.84.